The number of sulfone groups is 1. The summed E-state index contributed by atoms with van der Waals surface area (Å²) >= 11 is 5.83. The molecule has 3 rings (SSSR count). The molecular weight excluding hydrogens is 445 g/mol. The first-order valence-electron chi connectivity index (χ1n) is 8.32. The van der Waals surface area contributed by atoms with Crippen LogP contribution >= 0.6 is 11.6 Å². The van der Waals surface area contributed by atoms with Gasteiger partial charge in [0.25, 0.3) is 0 Å². The van der Waals surface area contributed by atoms with Crippen molar-refractivity contribution < 1.29 is 31.5 Å². The molecule has 1 aromatic heterocycles. The molecular formula is C19H13ClF3N2O4S-. The Labute approximate surface area is 174 Å². The summed E-state index contributed by atoms with van der Waals surface area (Å²) in [5, 5.41) is 15.2. The third-order valence-electron chi connectivity index (χ3n) is 4.19. The van der Waals surface area contributed by atoms with Crippen molar-refractivity contribution in [3.05, 3.63) is 59.2 Å². The standard InChI is InChI=1S/C19H14ClF3N2O4S/c1-30(28,29)14-8-4-12(5-9-14)17-16(11-2-6-13(20)7-3-11)18(19(21,22)23)25(24-17)10-15(26)27/h2-9H,10H2,1H3,(H,26,27)/p-1. The minimum absolute atomic E-state index is 0.0236. The molecule has 0 amide bonds. The lowest BCUT2D eigenvalue weighted by molar-refractivity contribution is -0.306. The predicted molar refractivity (Wildman–Crippen MR) is 101 cm³/mol. The summed E-state index contributed by atoms with van der Waals surface area (Å²) in [7, 11) is -3.52. The number of nitrogens with zero attached hydrogens (tertiary/aromatic N) is 2. The van der Waals surface area contributed by atoms with Gasteiger partial charge in [-0.25, -0.2) is 8.42 Å². The molecule has 0 N–H and O–H groups in total. The van der Waals surface area contributed by atoms with E-state index in [0.29, 0.717) is 9.70 Å². The van der Waals surface area contributed by atoms with Gasteiger partial charge in [0.05, 0.1) is 17.4 Å². The molecule has 0 aliphatic rings. The molecule has 0 saturated carbocycles. The highest BCUT2D eigenvalue weighted by atomic mass is 35.5. The Kier molecular flexibility index (Phi) is 5.66. The zero-order valence-electron chi connectivity index (χ0n) is 15.3. The van der Waals surface area contributed by atoms with Crippen molar-refractivity contribution in [3.63, 3.8) is 0 Å². The van der Waals surface area contributed by atoms with Crippen LogP contribution in [0.25, 0.3) is 22.4 Å². The van der Waals surface area contributed by atoms with Crippen LogP contribution < -0.4 is 5.11 Å². The average molecular weight is 458 g/mol. The van der Waals surface area contributed by atoms with Crippen LogP contribution in [0.3, 0.4) is 0 Å². The number of alkyl halides is 3. The number of benzene rings is 2. The Balaban J connectivity index is 2.32. The fraction of sp³-hybridized carbons (Fsp3) is 0.158. The van der Waals surface area contributed by atoms with Gasteiger partial charge in [0.15, 0.2) is 15.5 Å². The normalized spacial score (nSPS) is 12.2. The van der Waals surface area contributed by atoms with E-state index in [4.69, 9.17) is 11.6 Å². The van der Waals surface area contributed by atoms with Gasteiger partial charge in [-0.3, -0.25) is 4.68 Å². The molecule has 158 valence electrons. The molecule has 0 aliphatic carbocycles. The highest BCUT2D eigenvalue weighted by Gasteiger charge is 2.40. The second-order valence-electron chi connectivity index (χ2n) is 6.40. The van der Waals surface area contributed by atoms with Crippen LogP contribution in [0.15, 0.2) is 53.4 Å². The molecule has 0 unspecified atom stereocenters. The number of carbonyl (C=O) groups excluding carboxylic acids is 1. The second kappa shape index (κ2) is 7.77. The number of halogens is 4. The van der Waals surface area contributed by atoms with Crippen LogP contribution in [-0.4, -0.2) is 30.4 Å². The number of carboxylic acids is 1. The van der Waals surface area contributed by atoms with Crippen LogP contribution in [-0.2, 0) is 27.4 Å². The molecule has 0 saturated heterocycles. The van der Waals surface area contributed by atoms with E-state index in [2.05, 4.69) is 5.10 Å². The van der Waals surface area contributed by atoms with Gasteiger partial charge in [-0.15, -0.1) is 0 Å². The number of carbonyl (C=O) groups is 1. The maximum atomic E-state index is 13.9. The van der Waals surface area contributed by atoms with E-state index in [-0.39, 0.29) is 27.3 Å². The highest BCUT2D eigenvalue weighted by molar-refractivity contribution is 7.90. The molecule has 0 fully saturated rings. The first-order valence-corrected chi connectivity index (χ1v) is 10.6. The summed E-state index contributed by atoms with van der Waals surface area (Å²) in [5.74, 6) is -1.75. The van der Waals surface area contributed by atoms with Crippen LogP contribution in [0.4, 0.5) is 13.2 Å². The van der Waals surface area contributed by atoms with E-state index in [1.54, 1.807) is 0 Å². The maximum absolute atomic E-state index is 13.9. The lowest BCUT2D eigenvalue weighted by Crippen LogP contribution is -2.30. The van der Waals surface area contributed by atoms with Crippen molar-refractivity contribution in [3.8, 4) is 22.4 Å². The largest absolute Gasteiger partial charge is 0.548 e. The van der Waals surface area contributed by atoms with Gasteiger partial charge in [-0.1, -0.05) is 35.9 Å². The Morgan fingerprint density at radius 2 is 1.60 bits per heavy atom. The van der Waals surface area contributed by atoms with Gasteiger partial charge >= 0.3 is 6.18 Å². The van der Waals surface area contributed by atoms with Crippen LogP contribution in [0.2, 0.25) is 5.02 Å². The lowest BCUT2D eigenvalue weighted by Gasteiger charge is -2.13. The number of hydrogen-bond acceptors (Lipinski definition) is 5. The third kappa shape index (κ3) is 4.49. The fourth-order valence-electron chi connectivity index (χ4n) is 2.94. The summed E-state index contributed by atoms with van der Waals surface area (Å²) < 4.78 is 65.3. The SMILES string of the molecule is CS(=O)(=O)c1ccc(-c2nn(CC(=O)[O-])c(C(F)(F)F)c2-c2ccc(Cl)cc2)cc1. The smallest absolute Gasteiger partial charge is 0.433 e. The summed E-state index contributed by atoms with van der Waals surface area (Å²) in [5.41, 5.74) is -1.50. The number of aliphatic carboxylic acids is 1. The van der Waals surface area contributed by atoms with Gasteiger partial charge in [0.2, 0.25) is 0 Å². The molecule has 0 atom stereocenters. The Hall–Kier alpha value is -2.85. The van der Waals surface area contributed by atoms with E-state index >= 15 is 0 Å². The lowest BCUT2D eigenvalue weighted by atomic mass is 9.98. The highest BCUT2D eigenvalue weighted by Crippen LogP contribution is 2.43. The zero-order chi connectivity index (χ0) is 22.3. The topological polar surface area (TPSA) is 92.1 Å². The number of aromatic nitrogens is 2. The summed E-state index contributed by atoms with van der Waals surface area (Å²) in [4.78, 5) is 11.0. The Morgan fingerprint density at radius 3 is 2.07 bits per heavy atom. The monoisotopic (exact) mass is 457 g/mol. The van der Waals surface area contributed by atoms with Crippen LogP contribution in [0.5, 0.6) is 0 Å². The number of carboxylic acid groups (broad SMARTS) is 1. The summed E-state index contributed by atoms with van der Waals surface area (Å²) in [6.07, 6.45) is -3.93. The van der Waals surface area contributed by atoms with Crippen LogP contribution in [0, 0.1) is 0 Å². The van der Waals surface area contributed by atoms with E-state index in [1.165, 1.54) is 48.5 Å². The summed E-state index contributed by atoms with van der Waals surface area (Å²) in [6, 6.07) is 10.6. The predicted octanol–water partition coefficient (Wildman–Crippen LogP) is 3.04. The molecule has 0 spiro atoms. The average Bonchev–Trinajstić information content (AvgIpc) is 3.00. The van der Waals surface area contributed by atoms with Crippen LogP contribution in [0.1, 0.15) is 5.69 Å². The van der Waals surface area contributed by atoms with Gasteiger partial charge in [-0.05, 0) is 29.8 Å². The minimum Gasteiger partial charge on any atom is -0.548 e. The van der Waals surface area contributed by atoms with Gasteiger partial charge in [0.1, 0.15) is 5.69 Å². The molecule has 6 nitrogen and oxygen atoms in total. The van der Waals surface area contributed by atoms with E-state index in [1.807, 2.05) is 0 Å². The first kappa shape index (κ1) is 21.8. The minimum atomic E-state index is -4.93. The van der Waals surface area contributed by atoms with Crippen molar-refractivity contribution in [1.82, 2.24) is 9.78 Å². The second-order valence-corrected chi connectivity index (χ2v) is 8.86. The quantitative estimate of drug-likeness (QED) is 0.587. The molecule has 0 bridgehead atoms. The molecule has 1 heterocycles. The molecule has 0 aliphatic heterocycles. The maximum Gasteiger partial charge on any atom is 0.433 e. The zero-order valence-corrected chi connectivity index (χ0v) is 16.8. The first-order chi connectivity index (χ1) is 13.9. The molecule has 11 heteroatoms. The third-order valence-corrected chi connectivity index (χ3v) is 5.57. The van der Waals surface area contributed by atoms with E-state index in [0.717, 1.165) is 6.26 Å². The van der Waals surface area contributed by atoms with Gasteiger partial charge < -0.3 is 9.90 Å². The van der Waals surface area contributed by atoms with Crippen molar-refractivity contribution in [1.29, 1.82) is 0 Å². The molecule has 3 aromatic rings. The Bertz CT molecular complexity index is 1200. The number of rotatable bonds is 5. The summed E-state index contributed by atoms with van der Waals surface area (Å²) in [6.45, 7) is -1.11. The fourth-order valence-corrected chi connectivity index (χ4v) is 3.70. The Morgan fingerprint density at radius 1 is 1.07 bits per heavy atom. The molecule has 30 heavy (non-hydrogen) atoms. The van der Waals surface area contributed by atoms with Crippen molar-refractivity contribution >= 4 is 27.4 Å². The molecule has 0 radical (unpaired) electrons. The van der Waals surface area contributed by atoms with Crippen molar-refractivity contribution in [2.75, 3.05) is 6.26 Å². The van der Waals surface area contributed by atoms with Crippen molar-refractivity contribution in [2.24, 2.45) is 0 Å². The molecule has 2 aromatic carbocycles. The van der Waals surface area contributed by atoms with Gasteiger partial charge in [-0.2, -0.15) is 18.3 Å². The van der Waals surface area contributed by atoms with Crippen molar-refractivity contribution in [2.45, 2.75) is 17.6 Å². The van der Waals surface area contributed by atoms with E-state index in [9.17, 15) is 31.5 Å². The number of hydrogen-bond donors (Lipinski definition) is 0. The van der Waals surface area contributed by atoms with E-state index < -0.39 is 34.2 Å². The van der Waals surface area contributed by atoms with Gasteiger partial charge in [0, 0.05) is 22.4 Å².